The van der Waals surface area contributed by atoms with E-state index in [0.717, 1.165) is 5.31 Å². The number of nitrogens with one attached hydrogen (secondary N) is 2. The van der Waals surface area contributed by atoms with Crippen LogP contribution in [0.3, 0.4) is 0 Å². The lowest BCUT2D eigenvalue weighted by Crippen LogP contribution is -2.46. The van der Waals surface area contributed by atoms with Crippen molar-refractivity contribution < 1.29 is 16.1 Å². The molecule has 0 aromatic carbocycles. The molecule has 0 unspecified atom stereocenters. The molecule has 0 fully saturated rings. The summed E-state index contributed by atoms with van der Waals surface area (Å²) in [5, 5.41) is 12.0. The van der Waals surface area contributed by atoms with Crippen LogP contribution >= 0.6 is 0 Å². The SMILES string of the molecule is [2H]N(C)CC(=O)N[C@H](C(=O)O)C(C)C. The molecule has 5 heteroatoms. The molecule has 0 aliphatic carbocycles. The molecule has 5 nitrogen and oxygen atoms in total. The Kier molecular flexibility index (Phi) is 4.25. The molecule has 0 aromatic heterocycles. The molecule has 0 radical (unpaired) electrons. The molecular weight excluding hydrogens is 172 g/mol. The van der Waals surface area contributed by atoms with Crippen molar-refractivity contribution in [2.45, 2.75) is 19.9 Å². The van der Waals surface area contributed by atoms with E-state index >= 15 is 0 Å². The van der Waals surface area contributed by atoms with Crippen LogP contribution in [0, 0.1) is 5.92 Å². The third-order valence-electron chi connectivity index (χ3n) is 1.55. The molecule has 0 saturated carbocycles. The first-order valence-electron chi connectivity index (χ1n) is 4.51. The zero-order valence-corrected chi connectivity index (χ0v) is 8.07. The fourth-order valence-corrected chi connectivity index (χ4v) is 0.876. The third-order valence-corrected chi connectivity index (χ3v) is 1.55. The molecule has 0 aliphatic rings. The third kappa shape index (κ3) is 4.47. The summed E-state index contributed by atoms with van der Waals surface area (Å²) in [5.41, 5.74) is 0. The van der Waals surface area contributed by atoms with Crippen LogP contribution < -0.4 is 10.6 Å². The second kappa shape index (κ2) is 5.53. The Morgan fingerprint density at radius 1 is 1.54 bits per heavy atom. The summed E-state index contributed by atoms with van der Waals surface area (Å²) in [6.07, 6.45) is 0. The normalized spacial score (nSPS) is 14.1. The van der Waals surface area contributed by atoms with Crippen molar-refractivity contribution >= 4 is 11.9 Å². The molecular formula is C8H16N2O3. The van der Waals surface area contributed by atoms with Crippen LogP contribution in [0.1, 0.15) is 13.8 Å². The van der Waals surface area contributed by atoms with E-state index in [1.807, 2.05) is 0 Å². The maximum atomic E-state index is 11.1. The highest BCUT2D eigenvalue weighted by atomic mass is 16.4. The summed E-state index contributed by atoms with van der Waals surface area (Å²) in [7, 11) is 1.42. The number of hydrogen-bond acceptors (Lipinski definition) is 3. The number of hydrogen-bond donors (Lipinski definition) is 3. The van der Waals surface area contributed by atoms with Gasteiger partial charge in [-0.25, -0.2) is 4.79 Å². The van der Waals surface area contributed by atoms with E-state index < -0.39 is 17.9 Å². The van der Waals surface area contributed by atoms with E-state index in [9.17, 15) is 9.59 Å². The number of likely N-dealkylation sites (N-methyl/N-ethyl adjacent to an activating group) is 1. The minimum absolute atomic E-state index is 0.128. The largest absolute Gasteiger partial charge is 0.480 e. The minimum Gasteiger partial charge on any atom is -0.480 e. The summed E-state index contributed by atoms with van der Waals surface area (Å²) in [4.78, 5) is 21.8. The molecule has 0 spiro atoms. The van der Waals surface area contributed by atoms with Crippen molar-refractivity contribution in [3.8, 4) is 0 Å². The van der Waals surface area contributed by atoms with Crippen molar-refractivity contribution in [3.63, 3.8) is 0 Å². The summed E-state index contributed by atoms with van der Waals surface area (Å²) in [6, 6.07) is -0.887. The minimum atomic E-state index is -1.05. The highest BCUT2D eigenvalue weighted by molar-refractivity contribution is 5.84. The van der Waals surface area contributed by atoms with Gasteiger partial charge in [-0.05, 0) is 13.0 Å². The Hall–Kier alpha value is -1.10. The van der Waals surface area contributed by atoms with Crippen LogP contribution in [0.4, 0.5) is 0 Å². The van der Waals surface area contributed by atoms with E-state index in [0.29, 0.717) is 0 Å². The Morgan fingerprint density at radius 2 is 2.08 bits per heavy atom. The number of amides is 1. The highest BCUT2D eigenvalue weighted by Crippen LogP contribution is 2.00. The van der Waals surface area contributed by atoms with Gasteiger partial charge in [-0.2, -0.15) is 0 Å². The van der Waals surface area contributed by atoms with Crippen molar-refractivity contribution in [3.05, 3.63) is 0 Å². The van der Waals surface area contributed by atoms with Gasteiger partial charge in [-0.1, -0.05) is 13.8 Å². The smallest absolute Gasteiger partial charge is 0.326 e. The standard InChI is InChI=1S/C8H16N2O3/c1-5(2)7(8(12)13)10-6(11)4-9-3/h5,7,9H,4H2,1-3H3,(H,10,11)(H,12,13)/t7-/m0/s1/i/hD. The Bertz CT molecular complexity index is 219. The Morgan fingerprint density at radius 3 is 2.38 bits per heavy atom. The average molecular weight is 189 g/mol. The van der Waals surface area contributed by atoms with Gasteiger partial charge in [0.15, 0.2) is 0 Å². The number of carboxylic acid groups (broad SMARTS) is 1. The van der Waals surface area contributed by atoms with Crippen molar-refractivity contribution in [1.82, 2.24) is 10.6 Å². The number of rotatable bonds is 5. The van der Waals surface area contributed by atoms with Gasteiger partial charge < -0.3 is 15.7 Å². The lowest BCUT2D eigenvalue weighted by atomic mass is 10.1. The fourth-order valence-electron chi connectivity index (χ4n) is 0.876. The fraction of sp³-hybridized carbons (Fsp3) is 0.750. The predicted molar refractivity (Wildman–Crippen MR) is 48.3 cm³/mol. The highest BCUT2D eigenvalue weighted by Gasteiger charge is 2.22. The lowest BCUT2D eigenvalue weighted by Gasteiger charge is -2.17. The maximum Gasteiger partial charge on any atom is 0.326 e. The summed E-state index contributed by atoms with van der Waals surface area (Å²) >= 11 is 0. The Labute approximate surface area is 79.0 Å². The summed E-state index contributed by atoms with van der Waals surface area (Å²) in [5.74, 6) is -1.68. The molecule has 1 amide bonds. The number of carboxylic acids is 1. The molecule has 3 N–H and O–H groups in total. The van der Waals surface area contributed by atoms with E-state index in [1.54, 1.807) is 13.8 Å². The van der Waals surface area contributed by atoms with Crippen LogP contribution in [-0.2, 0) is 9.59 Å². The molecule has 1 atom stereocenters. The van der Waals surface area contributed by atoms with Crippen LogP contribution in [0.2, 0.25) is 1.41 Å². The first-order chi connectivity index (χ1) is 6.34. The zero-order valence-electron chi connectivity index (χ0n) is 9.07. The lowest BCUT2D eigenvalue weighted by molar-refractivity contribution is -0.142. The van der Waals surface area contributed by atoms with Gasteiger partial charge in [0.25, 0.3) is 0 Å². The predicted octanol–water partition coefficient (Wildman–Crippen LogP) is -0.569. The van der Waals surface area contributed by atoms with E-state index in [-0.39, 0.29) is 12.5 Å². The van der Waals surface area contributed by atoms with Crippen molar-refractivity contribution in [2.75, 3.05) is 13.6 Å². The first-order valence-corrected chi connectivity index (χ1v) is 4.06. The molecule has 0 aromatic rings. The second-order valence-corrected chi connectivity index (χ2v) is 3.10. The molecule has 13 heavy (non-hydrogen) atoms. The van der Waals surface area contributed by atoms with Gasteiger partial charge in [0, 0.05) is 0 Å². The quantitative estimate of drug-likeness (QED) is 0.541. The average Bonchev–Trinajstić information content (AvgIpc) is 1.97. The monoisotopic (exact) mass is 189 g/mol. The molecule has 0 rings (SSSR count). The van der Waals surface area contributed by atoms with E-state index in [1.165, 1.54) is 7.05 Å². The zero-order chi connectivity index (χ0) is 11.3. The Balaban J connectivity index is 4.17. The molecule has 0 bridgehead atoms. The number of carbonyl (C=O) groups is 2. The van der Waals surface area contributed by atoms with Gasteiger partial charge in [0.05, 0.1) is 6.54 Å². The molecule has 0 saturated heterocycles. The van der Waals surface area contributed by atoms with E-state index in [4.69, 9.17) is 6.52 Å². The summed E-state index contributed by atoms with van der Waals surface area (Å²) in [6.45, 7) is 3.30. The van der Waals surface area contributed by atoms with Crippen LogP contribution in [0.5, 0.6) is 0 Å². The maximum absolute atomic E-state index is 11.1. The van der Waals surface area contributed by atoms with Gasteiger partial charge >= 0.3 is 5.97 Å². The second-order valence-electron chi connectivity index (χ2n) is 3.10. The van der Waals surface area contributed by atoms with Crippen LogP contribution in [-0.4, -0.2) is 36.6 Å². The van der Waals surface area contributed by atoms with Gasteiger partial charge in [0.1, 0.15) is 7.45 Å². The van der Waals surface area contributed by atoms with Gasteiger partial charge in [-0.3, -0.25) is 4.79 Å². The van der Waals surface area contributed by atoms with Gasteiger partial charge in [0.2, 0.25) is 5.91 Å². The molecule has 0 heterocycles. The number of carbonyl (C=O) groups excluding carboxylic acids is 1. The van der Waals surface area contributed by atoms with Crippen molar-refractivity contribution in [2.24, 2.45) is 5.92 Å². The molecule has 76 valence electrons. The van der Waals surface area contributed by atoms with E-state index in [2.05, 4.69) is 5.32 Å². The number of aliphatic carboxylic acids is 1. The van der Waals surface area contributed by atoms with Gasteiger partial charge in [-0.15, -0.1) is 0 Å². The topological polar surface area (TPSA) is 78.4 Å². The van der Waals surface area contributed by atoms with Crippen LogP contribution in [0.25, 0.3) is 0 Å². The van der Waals surface area contributed by atoms with Crippen LogP contribution in [0.15, 0.2) is 0 Å². The van der Waals surface area contributed by atoms with Crippen molar-refractivity contribution in [1.29, 1.82) is 0 Å². The summed E-state index contributed by atoms with van der Waals surface area (Å²) < 4.78 is 6.99. The first kappa shape index (κ1) is 9.98. The molecule has 0 aliphatic heterocycles.